The van der Waals surface area contributed by atoms with E-state index >= 15 is 0 Å². The lowest BCUT2D eigenvalue weighted by molar-refractivity contribution is 0.167. The van der Waals surface area contributed by atoms with Crippen molar-refractivity contribution in [2.75, 3.05) is 13.7 Å². The minimum atomic E-state index is -0.113. The van der Waals surface area contributed by atoms with E-state index in [-0.39, 0.29) is 5.38 Å². The lowest BCUT2D eigenvalue weighted by atomic mass is 10.0. The summed E-state index contributed by atoms with van der Waals surface area (Å²) in [5.74, 6) is 0.924. The van der Waals surface area contributed by atoms with Crippen LogP contribution >= 0.6 is 11.6 Å². The van der Waals surface area contributed by atoms with Crippen LogP contribution in [0.5, 0.6) is 0 Å². The number of alkyl halides is 1. The Bertz CT molecular complexity index is 646. The van der Waals surface area contributed by atoms with E-state index in [4.69, 9.17) is 16.3 Å². The van der Waals surface area contributed by atoms with Crippen LogP contribution in [0.25, 0.3) is 11.2 Å². The Morgan fingerprint density at radius 1 is 1.38 bits per heavy atom. The number of hydrogen-bond donors (Lipinski definition) is 0. The van der Waals surface area contributed by atoms with Gasteiger partial charge in [-0.2, -0.15) is 0 Å². The summed E-state index contributed by atoms with van der Waals surface area (Å²) < 4.78 is 7.48. The van der Waals surface area contributed by atoms with Crippen molar-refractivity contribution in [3.05, 3.63) is 23.7 Å². The first-order chi connectivity index (χ1) is 10.0. The van der Waals surface area contributed by atoms with E-state index in [1.54, 1.807) is 7.11 Å². The van der Waals surface area contributed by atoms with Crippen molar-refractivity contribution in [1.29, 1.82) is 0 Å². The molecule has 21 heavy (non-hydrogen) atoms. The molecule has 2 aromatic heterocycles. The second-order valence-electron chi connectivity index (χ2n) is 6.21. The summed E-state index contributed by atoms with van der Waals surface area (Å²) in [6.45, 7) is 5.74. The van der Waals surface area contributed by atoms with Crippen molar-refractivity contribution in [3.63, 3.8) is 0 Å². The van der Waals surface area contributed by atoms with E-state index in [0.717, 1.165) is 42.3 Å². The Labute approximate surface area is 130 Å². The number of nitrogens with zero attached hydrogens (tertiary/aromatic N) is 3. The number of pyridine rings is 1. The number of rotatable bonds is 6. The molecule has 0 radical (unpaired) electrons. The number of ether oxygens (including phenoxy) is 1. The van der Waals surface area contributed by atoms with Crippen molar-refractivity contribution in [3.8, 4) is 0 Å². The predicted octanol–water partition coefficient (Wildman–Crippen LogP) is 3.86. The fourth-order valence-electron chi connectivity index (χ4n) is 2.89. The summed E-state index contributed by atoms with van der Waals surface area (Å²) in [6, 6.07) is 4.03. The number of aryl methyl sites for hydroxylation is 1. The Balaban J connectivity index is 1.99. The van der Waals surface area contributed by atoms with Gasteiger partial charge in [-0.05, 0) is 50.7 Å². The zero-order valence-electron chi connectivity index (χ0n) is 12.9. The van der Waals surface area contributed by atoms with Crippen molar-refractivity contribution in [1.82, 2.24) is 14.5 Å². The summed E-state index contributed by atoms with van der Waals surface area (Å²) in [5, 5.41) is -0.113. The van der Waals surface area contributed by atoms with E-state index in [9.17, 15) is 0 Å². The van der Waals surface area contributed by atoms with Crippen LogP contribution in [-0.4, -0.2) is 28.3 Å². The molecule has 1 unspecified atom stereocenters. The summed E-state index contributed by atoms with van der Waals surface area (Å²) >= 11 is 6.34. The number of hydrogen-bond acceptors (Lipinski definition) is 3. The van der Waals surface area contributed by atoms with E-state index in [2.05, 4.69) is 14.5 Å². The first kappa shape index (κ1) is 14.8. The van der Waals surface area contributed by atoms with Gasteiger partial charge in [0.1, 0.15) is 11.3 Å². The van der Waals surface area contributed by atoms with Crippen LogP contribution in [-0.2, 0) is 11.3 Å². The van der Waals surface area contributed by atoms with Gasteiger partial charge in [-0.25, -0.2) is 9.97 Å². The maximum Gasteiger partial charge on any atom is 0.160 e. The first-order valence-corrected chi connectivity index (χ1v) is 7.95. The molecule has 1 atom stereocenters. The number of halogens is 1. The standard InChI is InChI=1S/C16H22ClN3O/c1-11-4-5-13-15(18-11)20(14(19-13)12(2)17)10-16(6-7-16)8-9-21-3/h4-5,12H,6-10H2,1-3H3. The van der Waals surface area contributed by atoms with Gasteiger partial charge in [0, 0.05) is 26.0 Å². The molecule has 1 saturated carbocycles. The van der Waals surface area contributed by atoms with Gasteiger partial charge in [-0.15, -0.1) is 11.6 Å². The fourth-order valence-corrected chi connectivity index (χ4v) is 3.06. The second-order valence-corrected chi connectivity index (χ2v) is 6.86. The molecule has 1 fully saturated rings. The topological polar surface area (TPSA) is 39.9 Å². The highest BCUT2D eigenvalue weighted by molar-refractivity contribution is 6.20. The van der Waals surface area contributed by atoms with Crippen molar-refractivity contribution < 1.29 is 4.74 Å². The first-order valence-electron chi connectivity index (χ1n) is 7.51. The van der Waals surface area contributed by atoms with Crippen LogP contribution in [0, 0.1) is 12.3 Å². The van der Waals surface area contributed by atoms with Crippen LogP contribution in [0.4, 0.5) is 0 Å². The summed E-state index contributed by atoms with van der Waals surface area (Å²) in [5.41, 5.74) is 3.25. The monoisotopic (exact) mass is 307 g/mol. The number of methoxy groups -OCH3 is 1. The number of aromatic nitrogens is 3. The minimum Gasteiger partial charge on any atom is -0.385 e. The molecule has 0 spiro atoms. The van der Waals surface area contributed by atoms with Gasteiger partial charge in [0.25, 0.3) is 0 Å². The van der Waals surface area contributed by atoms with E-state index in [1.165, 1.54) is 12.8 Å². The van der Waals surface area contributed by atoms with Crippen LogP contribution < -0.4 is 0 Å². The molecule has 5 heteroatoms. The molecular formula is C16H22ClN3O. The third kappa shape index (κ3) is 2.92. The highest BCUT2D eigenvalue weighted by Crippen LogP contribution is 2.51. The smallest absolute Gasteiger partial charge is 0.160 e. The highest BCUT2D eigenvalue weighted by atomic mass is 35.5. The molecule has 0 bridgehead atoms. The third-order valence-corrected chi connectivity index (χ3v) is 4.60. The normalized spacial score (nSPS) is 18.1. The van der Waals surface area contributed by atoms with Gasteiger partial charge in [0.2, 0.25) is 0 Å². The average Bonchev–Trinajstić information content (AvgIpc) is 3.13. The van der Waals surface area contributed by atoms with Gasteiger partial charge < -0.3 is 9.30 Å². The molecule has 2 heterocycles. The quantitative estimate of drug-likeness (QED) is 0.761. The molecule has 0 amide bonds. The number of fused-ring (bicyclic) bond motifs is 1. The van der Waals surface area contributed by atoms with E-state index < -0.39 is 0 Å². The molecule has 1 aliphatic carbocycles. The Morgan fingerprint density at radius 3 is 2.76 bits per heavy atom. The Morgan fingerprint density at radius 2 is 2.14 bits per heavy atom. The molecule has 1 aliphatic rings. The molecule has 0 saturated heterocycles. The lowest BCUT2D eigenvalue weighted by Crippen LogP contribution is -2.16. The molecule has 0 N–H and O–H groups in total. The molecule has 0 aromatic carbocycles. The van der Waals surface area contributed by atoms with Gasteiger partial charge in [-0.3, -0.25) is 0 Å². The minimum absolute atomic E-state index is 0.113. The second kappa shape index (κ2) is 5.58. The number of imidazole rings is 1. The average molecular weight is 308 g/mol. The summed E-state index contributed by atoms with van der Waals surface area (Å²) in [4.78, 5) is 9.36. The summed E-state index contributed by atoms with van der Waals surface area (Å²) in [6.07, 6.45) is 3.58. The molecule has 0 aliphatic heterocycles. The fraction of sp³-hybridized carbons (Fsp3) is 0.625. The highest BCUT2D eigenvalue weighted by Gasteiger charge is 2.43. The molecular weight excluding hydrogens is 286 g/mol. The zero-order chi connectivity index (χ0) is 15.0. The predicted molar refractivity (Wildman–Crippen MR) is 84.7 cm³/mol. The zero-order valence-corrected chi connectivity index (χ0v) is 13.7. The van der Waals surface area contributed by atoms with E-state index in [1.807, 2.05) is 26.0 Å². The Kier molecular flexibility index (Phi) is 3.93. The van der Waals surface area contributed by atoms with Gasteiger partial charge >= 0.3 is 0 Å². The molecule has 3 rings (SSSR count). The third-order valence-electron chi connectivity index (χ3n) is 4.40. The Hall–Kier alpha value is -1.13. The van der Waals surface area contributed by atoms with Crippen LogP contribution in [0.2, 0.25) is 0 Å². The van der Waals surface area contributed by atoms with Crippen LogP contribution in [0.1, 0.15) is 43.1 Å². The SMILES string of the molecule is COCCC1(Cn2c(C(C)Cl)nc3ccc(C)nc32)CC1. The molecule has 4 nitrogen and oxygen atoms in total. The van der Waals surface area contributed by atoms with Gasteiger partial charge in [-0.1, -0.05) is 0 Å². The van der Waals surface area contributed by atoms with Gasteiger partial charge in [0.05, 0.1) is 5.38 Å². The largest absolute Gasteiger partial charge is 0.385 e. The van der Waals surface area contributed by atoms with Crippen LogP contribution in [0.3, 0.4) is 0 Å². The maximum atomic E-state index is 6.34. The molecule has 2 aromatic rings. The van der Waals surface area contributed by atoms with E-state index in [0.29, 0.717) is 5.41 Å². The van der Waals surface area contributed by atoms with Gasteiger partial charge in [0.15, 0.2) is 5.65 Å². The summed E-state index contributed by atoms with van der Waals surface area (Å²) in [7, 11) is 1.76. The van der Waals surface area contributed by atoms with Crippen LogP contribution in [0.15, 0.2) is 12.1 Å². The maximum absolute atomic E-state index is 6.34. The van der Waals surface area contributed by atoms with Crippen molar-refractivity contribution in [2.24, 2.45) is 5.41 Å². The molecule has 114 valence electrons. The van der Waals surface area contributed by atoms with Crippen molar-refractivity contribution in [2.45, 2.75) is 45.0 Å². The van der Waals surface area contributed by atoms with Crippen molar-refractivity contribution >= 4 is 22.8 Å². The lowest BCUT2D eigenvalue weighted by Gasteiger charge is -2.18.